The van der Waals surface area contributed by atoms with E-state index in [1.807, 2.05) is 25.1 Å². The molecule has 0 fully saturated rings. The highest BCUT2D eigenvalue weighted by Crippen LogP contribution is 2.24. The molecular formula is C14H19ClF3N. The van der Waals surface area contributed by atoms with Crippen molar-refractivity contribution in [2.45, 2.75) is 44.8 Å². The first-order chi connectivity index (χ1) is 8.92. The maximum Gasteiger partial charge on any atom is 0.389 e. The number of hydrogen-bond acceptors (Lipinski definition) is 1. The lowest BCUT2D eigenvalue weighted by Gasteiger charge is -2.19. The Morgan fingerprint density at radius 3 is 2.53 bits per heavy atom. The maximum absolute atomic E-state index is 12.1. The first-order valence-electron chi connectivity index (χ1n) is 6.46. The summed E-state index contributed by atoms with van der Waals surface area (Å²) in [7, 11) is 0. The molecule has 5 heteroatoms. The van der Waals surface area contributed by atoms with Gasteiger partial charge in [0.2, 0.25) is 0 Å². The van der Waals surface area contributed by atoms with Gasteiger partial charge in [-0.15, -0.1) is 0 Å². The van der Waals surface area contributed by atoms with E-state index in [4.69, 9.17) is 11.6 Å². The number of likely N-dealkylation sites (N-methyl/N-ethyl adjacent to an activating group) is 1. The SMILES string of the molecule is CCNC(CCCC(F)(F)F)Cc1ccccc1Cl. The third-order valence-corrected chi connectivity index (χ3v) is 3.30. The van der Waals surface area contributed by atoms with E-state index >= 15 is 0 Å². The van der Waals surface area contributed by atoms with Gasteiger partial charge in [-0.3, -0.25) is 0 Å². The number of halogens is 4. The molecule has 108 valence electrons. The second-order valence-corrected chi connectivity index (χ2v) is 4.96. The molecule has 0 aliphatic heterocycles. The van der Waals surface area contributed by atoms with Crippen LogP contribution in [0.5, 0.6) is 0 Å². The minimum atomic E-state index is -4.07. The molecule has 0 saturated heterocycles. The molecule has 1 aromatic carbocycles. The molecule has 1 aromatic rings. The predicted octanol–water partition coefficient (Wildman–Crippen LogP) is 4.59. The fraction of sp³-hybridized carbons (Fsp3) is 0.571. The van der Waals surface area contributed by atoms with Gasteiger partial charge in [0.15, 0.2) is 0 Å². The molecule has 1 nitrogen and oxygen atoms in total. The van der Waals surface area contributed by atoms with E-state index in [1.54, 1.807) is 6.07 Å². The van der Waals surface area contributed by atoms with Gasteiger partial charge in [-0.25, -0.2) is 0 Å². The van der Waals surface area contributed by atoms with E-state index in [0.29, 0.717) is 17.9 Å². The van der Waals surface area contributed by atoms with Gasteiger partial charge in [-0.05, 0) is 37.4 Å². The van der Waals surface area contributed by atoms with Crippen LogP contribution in [-0.4, -0.2) is 18.8 Å². The summed E-state index contributed by atoms with van der Waals surface area (Å²) >= 11 is 6.07. The minimum absolute atomic E-state index is 0.0345. The van der Waals surface area contributed by atoms with Crippen molar-refractivity contribution in [3.8, 4) is 0 Å². The fourth-order valence-electron chi connectivity index (χ4n) is 2.04. The number of rotatable bonds is 7. The Bertz CT molecular complexity index is 379. The topological polar surface area (TPSA) is 12.0 Å². The van der Waals surface area contributed by atoms with Crippen molar-refractivity contribution in [1.29, 1.82) is 0 Å². The summed E-state index contributed by atoms with van der Waals surface area (Å²) in [6, 6.07) is 7.48. The van der Waals surface area contributed by atoms with E-state index in [1.165, 1.54) is 0 Å². The van der Waals surface area contributed by atoms with Crippen LogP contribution in [0.3, 0.4) is 0 Å². The Kier molecular flexibility index (Phi) is 6.66. The molecule has 0 aliphatic rings. The van der Waals surface area contributed by atoms with Crippen LogP contribution < -0.4 is 5.32 Å². The first kappa shape index (κ1) is 16.3. The smallest absolute Gasteiger partial charge is 0.314 e. The van der Waals surface area contributed by atoms with E-state index in [0.717, 1.165) is 12.1 Å². The highest BCUT2D eigenvalue weighted by molar-refractivity contribution is 6.31. The van der Waals surface area contributed by atoms with Gasteiger partial charge < -0.3 is 5.32 Å². The molecule has 0 amide bonds. The van der Waals surface area contributed by atoms with Gasteiger partial charge in [0, 0.05) is 17.5 Å². The van der Waals surface area contributed by atoms with Crippen molar-refractivity contribution in [2.75, 3.05) is 6.54 Å². The fourth-order valence-corrected chi connectivity index (χ4v) is 2.26. The van der Waals surface area contributed by atoms with E-state index in [-0.39, 0.29) is 12.5 Å². The van der Waals surface area contributed by atoms with E-state index < -0.39 is 12.6 Å². The van der Waals surface area contributed by atoms with Crippen LogP contribution in [0.4, 0.5) is 13.2 Å². The second kappa shape index (κ2) is 7.75. The third kappa shape index (κ3) is 6.83. The van der Waals surface area contributed by atoms with Crippen molar-refractivity contribution in [1.82, 2.24) is 5.32 Å². The number of hydrogen-bond donors (Lipinski definition) is 1. The molecule has 1 unspecified atom stereocenters. The molecule has 1 atom stereocenters. The normalized spacial score (nSPS) is 13.5. The van der Waals surface area contributed by atoms with E-state index in [9.17, 15) is 13.2 Å². The zero-order valence-corrected chi connectivity index (χ0v) is 11.7. The Labute approximate surface area is 117 Å². The maximum atomic E-state index is 12.1. The molecule has 0 bridgehead atoms. The Morgan fingerprint density at radius 2 is 1.95 bits per heavy atom. The van der Waals surface area contributed by atoms with Crippen LogP contribution in [0.15, 0.2) is 24.3 Å². The van der Waals surface area contributed by atoms with E-state index in [2.05, 4.69) is 5.32 Å². The molecule has 0 spiro atoms. The van der Waals surface area contributed by atoms with Crippen LogP contribution >= 0.6 is 11.6 Å². The summed E-state index contributed by atoms with van der Waals surface area (Å²) < 4.78 is 36.4. The zero-order chi connectivity index (χ0) is 14.3. The van der Waals surface area contributed by atoms with Gasteiger partial charge in [0.25, 0.3) is 0 Å². The lowest BCUT2D eigenvalue weighted by molar-refractivity contribution is -0.135. The van der Waals surface area contributed by atoms with Crippen LogP contribution in [0.2, 0.25) is 5.02 Å². The van der Waals surface area contributed by atoms with Crippen LogP contribution in [-0.2, 0) is 6.42 Å². The summed E-state index contributed by atoms with van der Waals surface area (Å²) in [6.07, 6.45) is -3.49. The monoisotopic (exact) mass is 293 g/mol. The number of nitrogens with one attached hydrogen (secondary N) is 1. The largest absolute Gasteiger partial charge is 0.389 e. The summed E-state index contributed by atoms with van der Waals surface area (Å²) in [5.74, 6) is 0. The first-order valence-corrected chi connectivity index (χ1v) is 6.83. The number of benzene rings is 1. The highest BCUT2D eigenvalue weighted by Gasteiger charge is 2.26. The molecule has 1 rings (SSSR count). The van der Waals surface area contributed by atoms with Gasteiger partial charge in [0.1, 0.15) is 0 Å². The zero-order valence-electron chi connectivity index (χ0n) is 10.9. The van der Waals surface area contributed by atoms with Crippen molar-refractivity contribution < 1.29 is 13.2 Å². The summed E-state index contributed by atoms with van der Waals surface area (Å²) in [4.78, 5) is 0. The standard InChI is InChI=1S/C14H19ClF3N/c1-2-19-12(7-5-9-14(16,17)18)10-11-6-3-4-8-13(11)15/h3-4,6,8,12,19H,2,5,7,9-10H2,1H3. The molecular weight excluding hydrogens is 275 g/mol. The Balaban J connectivity index is 2.51. The third-order valence-electron chi connectivity index (χ3n) is 2.93. The molecule has 0 aromatic heterocycles. The van der Waals surface area contributed by atoms with Crippen molar-refractivity contribution in [3.05, 3.63) is 34.9 Å². The van der Waals surface area contributed by atoms with Crippen LogP contribution in [0, 0.1) is 0 Å². The molecule has 0 heterocycles. The van der Waals surface area contributed by atoms with Gasteiger partial charge in [-0.2, -0.15) is 13.2 Å². The lowest BCUT2D eigenvalue weighted by Crippen LogP contribution is -2.31. The lowest BCUT2D eigenvalue weighted by atomic mass is 10.0. The summed E-state index contributed by atoms with van der Waals surface area (Å²) in [5.41, 5.74) is 0.974. The Hall–Kier alpha value is -0.740. The average molecular weight is 294 g/mol. The van der Waals surface area contributed by atoms with Crippen LogP contribution in [0.25, 0.3) is 0 Å². The molecule has 0 aliphatic carbocycles. The van der Waals surface area contributed by atoms with Gasteiger partial charge >= 0.3 is 6.18 Å². The number of alkyl halides is 3. The van der Waals surface area contributed by atoms with Gasteiger partial charge in [-0.1, -0.05) is 36.7 Å². The molecule has 19 heavy (non-hydrogen) atoms. The predicted molar refractivity (Wildman–Crippen MR) is 72.5 cm³/mol. The quantitative estimate of drug-likeness (QED) is 0.775. The second-order valence-electron chi connectivity index (χ2n) is 4.56. The molecule has 0 saturated carbocycles. The van der Waals surface area contributed by atoms with Crippen molar-refractivity contribution in [2.24, 2.45) is 0 Å². The van der Waals surface area contributed by atoms with Gasteiger partial charge in [0.05, 0.1) is 0 Å². The van der Waals surface area contributed by atoms with Crippen molar-refractivity contribution >= 4 is 11.6 Å². The summed E-state index contributed by atoms with van der Waals surface area (Å²) in [5, 5.41) is 3.89. The van der Waals surface area contributed by atoms with Crippen molar-refractivity contribution in [3.63, 3.8) is 0 Å². The molecule has 1 N–H and O–H groups in total. The highest BCUT2D eigenvalue weighted by atomic mass is 35.5. The van der Waals surface area contributed by atoms with Crippen LogP contribution in [0.1, 0.15) is 31.7 Å². The molecule has 0 radical (unpaired) electrons. The minimum Gasteiger partial charge on any atom is -0.314 e. The average Bonchev–Trinajstić information content (AvgIpc) is 2.30. The Morgan fingerprint density at radius 1 is 1.26 bits per heavy atom. The summed E-state index contributed by atoms with van der Waals surface area (Å²) in [6.45, 7) is 2.69.